The van der Waals surface area contributed by atoms with Crippen molar-refractivity contribution in [3.8, 4) is 0 Å². The highest BCUT2D eigenvalue weighted by atomic mass is 32.2. The number of amides is 1. The minimum atomic E-state index is -3.57. The molecule has 0 spiro atoms. The van der Waals surface area contributed by atoms with Crippen molar-refractivity contribution in [2.45, 2.75) is 25.7 Å². The van der Waals surface area contributed by atoms with Gasteiger partial charge in [-0.3, -0.25) is 9.59 Å². The van der Waals surface area contributed by atoms with E-state index in [9.17, 15) is 18.0 Å². The number of hydrogen-bond donors (Lipinski definition) is 1. The lowest BCUT2D eigenvalue weighted by molar-refractivity contribution is -0.137. The van der Waals surface area contributed by atoms with Crippen LogP contribution in [0.2, 0.25) is 0 Å². The third-order valence-corrected chi connectivity index (χ3v) is 5.50. The number of benzene rings is 1. The first-order valence-corrected chi connectivity index (χ1v) is 8.83. The van der Waals surface area contributed by atoms with Crippen molar-refractivity contribution >= 4 is 21.9 Å². The zero-order valence-corrected chi connectivity index (χ0v) is 14.3. The van der Waals surface area contributed by atoms with Crippen molar-refractivity contribution in [2.24, 2.45) is 0 Å². The fourth-order valence-corrected chi connectivity index (χ4v) is 3.61. The van der Waals surface area contributed by atoms with Gasteiger partial charge in [0.25, 0.3) is 5.91 Å². The van der Waals surface area contributed by atoms with Gasteiger partial charge in [0.1, 0.15) is 6.54 Å². The minimum Gasteiger partial charge on any atom is -0.480 e. The Balaban J connectivity index is 3.04. The molecule has 128 valence electrons. The zero-order valence-electron chi connectivity index (χ0n) is 13.5. The number of carbonyl (C=O) groups is 2. The van der Waals surface area contributed by atoms with Gasteiger partial charge >= 0.3 is 5.97 Å². The van der Waals surface area contributed by atoms with Crippen LogP contribution in [0.4, 0.5) is 0 Å². The highest BCUT2D eigenvalue weighted by Crippen LogP contribution is 2.17. The molecular weight excluding hydrogens is 320 g/mol. The van der Waals surface area contributed by atoms with E-state index in [-0.39, 0.29) is 17.0 Å². The number of carboxylic acids is 1. The fourth-order valence-electron chi connectivity index (χ4n) is 2.16. The van der Waals surface area contributed by atoms with Gasteiger partial charge in [-0.15, -0.1) is 0 Å². The van der Waals surface area contributed by atoms with Gasteiger partial charge in [-0.2, -0.15) is 4.31 Å². The van der Waals surface area contributed by atoms with E-state index in [1.807, 2.05) is 0 Å². The van der Waals surface area contributed by atoms with Gasteiger partial charge in [0, 0.05) is 25.2 Å². The molecule has 0 saturated carbocycles. The van der Waals surface area contributed by atoms with E-state index in [1.54, 1.807) is 20.8 Å². The van der Waals surface area contributed by atoms with Gasteiger partial charge in [-0.1, -0.05) is 13.8 Å². The van der Waals surface area contributed by atoms with Crippen molar-refractivity contribution in [1.29, 1.82) is 0 Å². The van der Waals surface area contributed by atoms with Crippen molar-refractivity contribution in [3.05, 3.63) is 29.8 Å². The molecule has 0 atom stereocenters. The van der Waals surface area contributed by atoms with Crippen molar-refractivity contribution in [1.82, 2.24) is 9.21 Å². The maximum absolute atomic E-state index is 12.4. The standard InChI is InChI=1S/C15H22N2O5S/c1-4-16(11-14(18)19)15(20)12-7-9-13(10-8-12)23(21,22)17(5-2)6-3/h7-10H,4-6,11H2,1-3H3,(H,18,19). The Morgan fingerprint density at radius 2 is 1.52 bits per heavy atom. The van der Waals surface area contributed by atoms with Crippen molar-refractivity contribution in [3.63, 3.8) is 0 Å². The Labute approximate surface area is 136 Å². The molecule has 1 aromatic carbocycles. The SMILES string of the molecule is CCN(CC(=O)O)C(=O)c1ccc(S(=O)(=O)N(CC)CC)cc1. The average molecular weight is 342 g/mol. The first kappa shape index (κ1) is 19.1. The van der Waals surface area contributed by atoms with E-state index < -0.39 is 28.4 Å². The van der Waals surface area contributed by atoms with Crippen molar-refractivity contribution < 1.29 is 23.1 Å². The molecule has 0 saturated heterocycles. The van der Waals surface area contributed by atoms with Gasteiger partial charge in [0.15, 0.2) is 0 Å². The summed E-state index contributed by atoms with van der Waals surface area (Å²) in [6.45, 7) is 5.77. The van der Waals surface area contributed by atoms with Crippen LogP contribution in [0.5, 0.6) is 0 Å². The van der Waals surface area contributed by atoms with E-state index in [1.165, 1.54) is 33.5 Å². The molecule has 1 N–H and O–H groups in total. The zero-order chi connectivity index (χ0) is 17.6. The van der Waals surface area contributed by atoms with Crippen LogP contribution in [-0.2, 0) is 14.8 Å². The number of sulfonamides is 1. The summed E-state index contributed by atoms with van der Waals surface area (Å²) in [6, 6.07) is 5.55. The maximum atomic E-state index is 12.4. The number of carboxylic acid groups (broad SMARTS) is 1. The summed E-state index contributed by atoms with van der Waals surface area (Å²) in [5.41, 5.74) is 0.256. The van der Waals surface area contributed by atoms with Crippen LogP contribution in [-0.4, -0.2) is 60.8 Å². The molecule has 0 bridgehead atoms. The molecule has 0 radical (unpaired) electrons. The van der Waals surface area contributed by atoms with Crippen LogP contribution in [0.15, 0.2) is 29.2 Å². The van der Waals surface area contributed by atoms with Crippen LogP contribution in [0.1, 0.15) is 31.1 Å². The molecule has 1 aromatic rings. The second-order valence-corrected chi connectivity index (χ2v) is 6.76. The van der Waals surface area contributed by atoms with Crippen LogP contribution < -0.4 is 0 Å². The summed E-state index contributed by atoms with van der Waals surface area (Å²) in [7, 11) is -3.57. The number of nitrogens with zero attached hydrogens (tertiary/aromatic N) is 2. The van der Waals surface area contributed by atoms with Gasteiger partial charge < -0.3 is 10.0 Å². The predicted octanol–water partition coefficient (Wildman–Crippen LogP) is 1.26. The Morgan fingerprint density at radius 3 is 1.91 bits per heavy atom. The second-order valence-electron chi connectivity index (χ2n) is 4.83. The smallest absolute Gasteiger partial charge is 0.323 e. The minimum absolute atomic E-state index is 0.110. The quantitative estimate of drug-likeness (QED) is 0.767. The second kappa shape index (κ2) is 8.07. The Morgan fingerprint density at radius 1 is 1.00 bits per heavy atom. The van der Waals surface area contributed by atoms with Gasteiger partial charge in [0.05, 0.1) is 4.90 Å². The number of hydrogen-bond acceptors (Lipinski definition) is 4. The number of aliphatic carboxylic acids is 1. The summed E-state index contributed by atoms with van der Waals surface area (Å²) >= 11 is 0. The normalized spacial score (nSPS) is 11.5. The van der Waals surface area contributed by atoms with Crippen LogP contribution >= 0.6 is 0 Å². The molecule has 1 rings (SSSR count). The van der Waals surface area contributed by atoms with E-state index in [4.69, 9.17) is 5.11 Å². The summed E-state index contributed by atoms with van der Waals surface area (Å²) in [6.07, 6.45) is 0. The average Bonchev–Trinajstić information content (AvgIpc) is 2.52. The van der Waals surface area contributed by atoms with Crippen LogP contribution in [0.3, 0.4) is 0 Å². The lowest BCUT2D eigenvalue weighted by Crippen LogP contribution is -2.35. The van der Waals surface area contributed by atoms with Crippen LogP contribution in [0.25, 0.3) is 0 Å². The Bertz CT molecular complexity index is 651. The summed E-state index contributed by atoms with van der Waals surface area (Å²) in [4.78, 5) is 24.3. The number of rotatable bonds is 8. The lowest BCUT2D eigenvalue weighted by Gasteiger charge is -2.20. The molecule has 0 aliphatic carbocycles. The topological polar surface area (TPSA) is 95.0 Å². The number of carbonyl (C=O) groups excluding carboxylic acids is 1. The van der Waals surface area contributed by atoms with E-state index >= 15 is 0 Å². The summed E-state index contributed by atoms with van der Waals surface area (Å²) < 4.78 is 26.1. The highest BCUT2D eigenvalue weighted by Gasteiger charge is 2.22. The molecule has 0 unspecified atom stereocenters. The third kappa shape index (κ3) is 4.52. The van der Waals surface area contributed by atoms with Crippen molar-refractivity contribution in [2.75, 3.05) is 26.2 Å². The summed E-state index contributed by atoms with van der Waals surface area (Å²) in [5, 5.41) is 8.80. The Kier molecular flexibility index (Phi) is 6.71. The van der Waals surface area contributed by atoms with E-state index in [0.717, 1.165) is 0 Å². The Hall–Kier alpha value is -1.93. The molecular formula is C15H22N2O5S. The highest BCUT2D eigenvalue weighted by molar-refractivity contribution is 7.89. The molecule has 0 fully saturated rings. The van der Waals surface area contributed by atoms with Crippen LogP contribution in [0, 0.1) is 0 Å². The molecule has 7 nitrogen and oxygen atoms in total. The van der Waals surface area contributed by atoms with Gasteiger partial charge in [0.2, 0.25) is 10.0 Å². The molecule has 0 heterocycles. The first-order valence-electron chi connectivity index (χ1n) is 7.39. The number of likely N-dealkylation sites (N-methyl/N-ethyl adjacent to an activating group) is 1. The molecule has 0 aromatic heterocycles. The molecule has 0 aliphatic rings. The van der Waals surface area contributed by atoms with Gasteiger partial charge in [-0.05, 0) is 31.2 Å². The third-order valence-electron chi connectivity index (χ3n) is 3.44. The lowest BCUT2D eigenvalue weighted by atomic mass is 10.2. The first-order chi connectivity index (χ1) is 10.8. The largest absolute Gasteiger partial charge is 0.480 e. The van der Waals surface area contributed by atoms with E-state index in [0.29, 0.717) is 13.1 Å². The molecule has 0 aliphatic heterocycles. The van der Waals surface area contributed by atoms with Gasteiger partial charge in [-0.25, -0.2) is 8.42 Å². The maximum Gasteiger partial charge on any atom is 0.323 e. The molecule has 23 heavy (non-hydrogen) atoms. The van der Waals surface area contributed by atoms with E-state index in [2.05, 4.69) is 0 Å². The fraction of sp³-hybridized carbons (Fsp3) is 0.467. The molecule has 8 heteroatoms. The molecule has 1 amide bonds. The monoisotopic (exact) mass is 342 g/mol. The predicted molar refractivity (Wildman–Crippen MR) is 85.8 cm³/mol. The summed E-state index contributed by atoms with van der Waals surface area (Å²) in [5.74, 6) is -1.54.